The fourth-order valence-corrected chi connectivity index (χ4v) is 4.57. The maximum atomic E-state index is 12.8. The highest BCUT2D eigenvalue weighted by Crippen LogP contribution is 2.25. The van der Waals surface area contributed by atoms with Gasteiger partial charge in [0.05, 0.1) is 17.4 Å². The van der Waals surface area contributed by atoms with Crippen LogP contribution in [0.2, 0.25) is 0 Å². The van der Waals surface area contributed by atoms with Gasteiger partial charge >= 0.3 is 0 Å². The number of ether oxygens (including phenoxy) is 1. The first-order valence-corrected chi connectivity index (χ1v) is 9.71. The summed E-state index contributed by atoms with van der Waals surface area (Å²) in [5.41, 5.74) is 0.781. The van der Waals surface area contributed by atoms with Crippen molar-refractivity contribution in [3.8, 4) is 5.75 Å². The number of aromatic amines is 1. The molecule has 0 radical (unpaired) electrons. The number of nitrogens with one attached hydrogen (secondary N) is 1. The predicted molar refractivity (Wildman–Crippen MR) is 97.9 cm³/mol. The third-order valence-electron chi connectivity index (χ3n) is 4.57. The van der Waals surface area contributed by atoms with E-state index < -0.39 is 10.0 Å². The first kappa shape index (κ1) is 16.8. The van der Waals surface area contributed by atoms with Gasteiger partial charge in [-0.05, 0) is 30.3 Å². The average Bonchev–Trinajstić information content (AvgIpc) is 3.17. The van der Waals surface area contributed by atoms with Crippen LogP contribution in [0.5, 0.6) is 5.75 Å². The minimum Gasteiger partial charge on any atom is -0.497 e. The molecule has 8 nitrogen and oxygen atoms in total. The third-order valence-corrected chi connectivity index (χ3v) is 6.48. The Kier molecular flexibility index (Phi) is 4.25. The van der Waals surface area contributed by atoms with E-state index in [0.717, 1.165) is 16.9 Å². The molecule has 1 aromatic carbocycles. The lowest BCUT2D eigenvalue weighted by Gasteiger charge is -2.34. The van der Waals surface area contributed by atoms with Gasteiger partial charge in [-0.25, -0.2) is 18.4 Å². The molecule has 26 heavy (non-hydrogen) atoms. The van der Waals surface area contributed by atoms with Crippen LogP contribution in [0.1, 0.15) is 0 Å². The van der Waals surface area contributed by atoms with E-state index in [1.165, 1.54) is 10.6 Å². The van der Waals surface area contributed by atoms with Gasteiger partial charge < -0.3 is 14.6 Å². The van der Waals surface area contributed by atoms with Crippen LogP contribution in [-0.4, -0.2) is 61.0 Å². The molecule has 3 heterocycles. The number of rotatable bonds is 4. The molecule has 1 saturated heterocycles. The minimum atomic E-state index is -3.51. The Balaban J connectivity index is 1.51. The highest BCUT2D eigenvalue weighted by Gasteiger charge is 2.29. The topological polar surface area (TPSA) is 91.4 Å². The van der Waals surface area contributed by atoms with Crippen molar-refractivity contribution >= 4 is 26.9 Å². The van der Waals surface area contributed by atoms with Gasteiger partial charge in [0.2, 0.25) is 10.0 Å². The largest absolute Gasteiger partial charge is 0.497 e. The summed E-state index contributed by atoms with van der Waals surface area (Å²) in [6.45, 7) is 1.97. The van der Waals surface area contributed by atoms with Crippen LogP contribution in [0.15, 0.2) is 47.8 Å². The van der Waals surface area contributed by atoms with E-state index in [2.05, 4.69) is 19.9 Å². The Morgan fingerprint density at radius 3 is 2.46 bits per heavy atom. The number of nitrogens with zero attached hydrogens (tertiary/aromatic N) is 4. The molecule has 136 valence electrons. The summed E-state index contributed by atoms with van der Waals surface area (Å²) in [7, 11) is -1.96. The number of fused-ring (bicyclic) bond motifs is 1. The molecule has 3 aromatic rings. The van der Waals surface area contributed by atoms with Crippen molar-refractivity contribution < 1.29 is 13.2 Å². The van der Waals surface area contributed by atoms with E-state index in [0.29, 0.717) is 31.9 Å². The van der Waals surface area contributed by atoms with Gasteiger partial charge in [-0.15, -0.1) is 0 Å². The Morgan fingerprint density at radius 2 is 1.77 bits per heavy atom. The molecule has 0 saturated carbocycles. The van der Waals surface area contributed by atoms with Crippen LogP contribution < -0.4 is 9.64 Å². The fraction of sp³-hybridized carbons (Fsp3) is 0.294. The highest BCUT2D eigenvalue weighted by atomic mass is 32.2. The molecule has 2 aromatic heterocycles. The van der Waals surface area contributed by atoms with Gasteiger partial charge in [0.15, 0.2) is 0 Å². The molecule has 1 N–H and O–H groups in total. The van der Waals surface area contributed by atoms with Gasteiger partial charge in [0.1, 0.15) is 23.5 Å². The molecule has 0 aliphatic carbocycles. The zero-order chi connectivity index (χ0) is 18.1. The van der Waals surface area contributed by atoms with Crippen molar-refractivity contribution in [1.29, 1.82) is 0 Å². The van der Waals surface area contributed by atoms with Crippen molar-refractivity contribution in [1.82, 2.24) is 19.3 Å². The summed E-state index contributed by atoms with van der Waals surface area (Å²) >= 11 is 0. The van der Waals surface area contributed by atoms with Crippen molar-refractivity contribution in [3.63, 3.8) is 0 Å². The Labute approximate surface area is 151 Å². The second kappa shape index (κ2) is 6.58. The van der Waals surface area contributed by atoms with E-state index in [4.69, 9.17) is 4.74 Å². The molecule has 9 heteroatoms. The molecule has 0 spiro atoms. The van der Waals surface area contributed by atoms with Gasteiger partial charge in [0.25, 0.3) is 0 Å². The molecule has 0 bridgehead atoms. The Bertz CT molecular complexity index is 1010. The van der Waals surface area contributed by atoms with Crippen LogP contribution in [0.25, 0.3) is 11.0 Å². The minimum absolute atomic E-state index is 0.279. The number of hydrogen-bond acceptors (Lipinski definition) is 6. The monoisotopic (exact) mass is 373 g/mol. The van der Waals surface area contributed by atoms with E-state index >= 15 is 0 Å². The number of H-pyrrole nitrogens is 1. The number of aromatic nitrogens is 3. The van der Waals surface area contributed by atoms with Crippen LogP contribution in [0.4, 0.5) is 5.82 Å². The third kappa shape index (κ3) is 2.89. The van der Waals surface area contributed by atoms with Crippen LogP contribution in [0, 0.1) is 0 Å². The van der Waals surface area contributed by atoms with E-state index in [1.54, 1.807) is 31.4 Å². The number of methoxy groups -OCH3 is 1. The molecular formula is C17H19N5O3S. The van der Waals surface area contributed by atoms with E-state index in [1.807, 2.05) is 12.3 Å². The maximum Gasteiger partial charge on any atom is 0.243 e. The predicted octanol–water partition coefficient (Wildman–Crippen LogP) is 1.48. The van der Waals surface area contributed by atoms with Gasteiger partial charge in [-0.1, -0.05) is 0 Å². The number of hydrogen-bond donors (Lipinski definition) is 1. The van der Waals surface area contributed by atoms with Crippen molar-refractivity contribution in [2.24, 2.45) is 0 Å². The summed E-state index contributed by atoms with van der Waals surface area (Å²) in [4.78, 5) is 14.0. The lowest BCUT2D eigenvalue weighted by Crippen LogP contribution is -2.49. The molecule has 0 atom stereocenters. The summed E-state index contributed by atoms with van der Waals surface area (Å²) in [5, 5.41) is 0.943. The first-order valence-electron chi connectivity index (χ1n) is 8.27. The number of sulfonamides is 1. The number of piperazine rings is 1. The fourth-order valence-electron chi connectivity index (χ4n) is 3.15. The van der Waals surface area contributed by atoms with Crippen molar-refractivity contribution in [2.45, 2.75) is 4.90 Å². The molecule has 1 fully saturated rings. The number of benzene rings is 1. The van der Waals surface area contributed by atoms with Gasteiger partial charge in [0, 0.05) is 32.4 Å². The lowest BCUT2D eigenvalue weighted by molar-refractivity contribution is 0.384. The van der Waals surface area contributed by atoms with E-state index in [9.17, 15) is 8.42 Å². The SMILES string of the molecule is COc1ccc(S(=O)(=O)N2CCN(c3ncnc4[nH]ccc34)CC2)cc1. The molecule has 4 rings (SSSR count). The summed E-state index contributed by atoms with van der Waals surface area (Å²) < 4.78 is 32.3. The Morgan fingerprint density at radius 1 is 1.04 bits per heavy atom. The molecule has 1 aliphatic rings. The maximum absolute atomic E-state index is 12.8. The smallest absolute Gasteiger partial charge is 0.243 e. The molecule has 0 unspecified atom stereocenters. The first-order chi connectivity index (χ1) is 12.6. The summed E-state index contributed by atoms with van der Waals surface area (Å²) in [6.07, 6.45) is 3.35. The van der Waals surface area contributed by atoms with Crippen molar-refractivity contribution in [2.75, 3.05) is 38.2 Å². The standard InChI is InChI=1S/C17H19N5O3S/c1-25-13-2-4-14(5-3-13)26(23,24)22-10-8-21(9-11-22)17-15-6-7-18-16(15)19-12-20-17/h2-7,12H,8-11H2,1H3,(H,18,19,20). The normalized spacial score (nSPS) is 16.1. The van der Waals surface area contributed by atoms with Crippen LogP contribution >= 0.6 is 0 Å². The lowest BCUT2D eigenvalue weighted by atomic mass is 10.3. The Hall–Kier alpha value is -2.65. The summed E-state index contributed by atoms with van der Waals surface area (Å²) in [6, 6.07) is 8.41. The second-order valence-electron chi connectivity index (χ2n) is 6.00. The second-order valence-corrected chi connectivity index (χ2v) is 7.94. The molecular weight excluding hydrogens is 354 g/mol. The quantitative estimate of drug-likeness (QED) is 0.745. The summed E-state index contributed by atoms with van der Waals surface area (Å²) in [5.74, 6) is 1.46. The van der Waals surface area contributed by atoms with Crippen LogP contribution in [0.3, 0.4) is 0 Å². The zero-order valence-electron chi connectivity index (χ0n) is 14.3. The zero-order valence-corrected chi connectivity index (χ0v) is 15.1. The highest BCUT2D eigenvalue weighted by molar-refractivity contribution is 7.89. The van der Waals surface area contributed by atoms with Crippen molar-refractivity contribution in [3.05, 3.63) is 42.9 Å². The average molecular weight is 373 g/mol. The van der Waals surface area contributed by atoms with Gasteiger partial charge in [-0.3, -0.25) is 0 Å². The van der Waals surface area contributed by atoms with Gasteiger partial charge in [-0.2, -0.15) is 4.31 Å². The number of anilines is 1. The van der Waals surface area contributed by atoms with Crippen LogP contribution in [-0.2, 0) is 10.0 Å². The van der Waals surface area contributed by atoms with E-state index in [-0.39, 0.29) is 4.90 Å². The molecule has 0 amide bonds. The molecule has 1 aliphatic heterocycles.